The number of ether oxygens (including phenoxy) is 2. The third-order valence-corrected chi connectivity index (χ3v) is 5.17. The molecule has 0 radical (unpaired) electrons. The second kappa shape index (κ2) is 10.1. The van der Waals surface area contributed by atoms with Crippen LogP contribution in [0.4, 0.5) is 9.59 Å². The van der Waals surface area contributed by atoms with Gasteiger partial charge in [-0.15, -0.1) is 0 Å². The summed E-state index contributed by atoms with van der Waals surface area (Å²) >= 11 is 0. The van der Waals surface area contributed by atoms with Crippen LogP contribution in [0.1, 0.15) is 37.3 Å². The fourth-order valence-corrected chi connectivity index (χ4v) is 3.54. The summed E-state index contributed by atoms with van der Waals surface area (Å²) in [5.41, 5.74) is 0.838. The minimum absolute atomic E-state index is 0.146. The third kappa shape index (κ3) is 6.77. The highest BCUT2D eigenvalue weighted by atomic mass is 16.6. The van der Waals surface area contributed by atoms with Gasteiger partial charge in [0.1, 0.15) is 13.2 Å². The highest BCUT2D eigenvalue weighted by Gasteiger charge is 2.38. The molecule has 3 atom stereocenters. The van der Waals surface area contributed by atoms with Crippen molar-refractivity contribution in [3.63, 3.8) is 0 Å². The van der Waals surface area contributed by atoms with Crippen molar-refractivity contribution in [2.45, 2.75) is 57.1 Å². The van der Waals surface area contributed by atoms with Gasteiger partial charge >= 0.3 is 12.2 Å². The fourth-order valence-electron chi connectivity index (χ4n) is 3.54. The van der Waals surface area contributed by atoms with Crippen LogP contribution in [0.2, 0.25) is 0 Å². The standard InChI is InChI=1S/C23H28N2O5/c1-23(28)13-12-19(24-21(26)29-15-17-8-4-2-5-9-17)20(14-23)25-22(27)30-16-18-10-6-3-7-11-18/h2-11,19-20,28H,12-16H2,1H3,(H,24,26)(H,25,27). The highest BCUT2D eigenvalue weighted by molar-refractivity contribution is 5.69. The summed E-state index contributed by atoms with van der Waals surface area (Å²) < 4.78 is 10.6. The van der Waals surface area contributed by atoms with E-state index in [-0.39, 0.29) is 19.3 Å². The van der Waals surface area contributed by atoms with Gasteiger partial charge in [-0.2, -0.15) is 0 Å². The van der Waals surface area contributed by atoms with E-state index >= 15 is 0 Å². The molecule has 160 valence electrons. The summed E-state index contributed by atoms with van der Waals surface area (Å²) in [4.78, 5) is 24.5. The van der Waals surface area contributed by atoms with Gasteiger partial charge in [0.15, 0.2) is 0 Å². The van der Waals surface area contributed by atoms with Crippen LogP contribution in [-0.4, -0.2) is 35.0 Å². The molecular formula is C23H28N2O5. The fraction of sp³-hybridized carbons (Fsp3) is 0.391. The lowest BCUT2D eigenvalue weighted by atomic mass is 9.80. The number of amides is 2. The lowest BCUT2D eigenvalue weighted by Gasteiger charge is -2.39. The van der Waals surface area contributed by atoms with Crippen LogP contribution >= 0.6 is 0 Å². The van der Waals surface area contributed by atoms with Gasteiger partial charge in [-0.1, -0.05) is 60.7 Å². The first-order chi connectivity index (χ1) is 14.4. The Kier molecular flexibility index (Phi) is 7.30. The first-order valence-corrected chi connectivity index (χ1v) is 10.1. The van der Waals surface area contributed by atoms with Crippen LogP contribution in [0.3, 0.4) is 0 Å². The molecule has 2 amide bonds. The van der Waals surface area contributed by atoms with E-state index in [9.17, 15) is 14.7 Å². The minimum atomic E-state index is -0.927. The van der Waals surface area contributed by atoms with Gasteiger partial charge in [0.25, 0.3) is 0 Å². The highest BCUT2D eigenvalue weighted by Crippen LogP contribution is 2.28. The monoisotopic (exact) mass is 412 g/mol. The molecule has 1 saturated carbocycles. The molecule has 1 fully saturated rings. The van der Waals surface area contributed by atoms with Crippen molar-refractivity contribution in [3.05, 3.63) is 71.8 Å². The number of benzene rings is 2. The number of hydrogen-bond acceptors (Lipinski definition) is 5. The maximum Gasteiger partial charge on any atom is 0.407 e. The molecule has 3 N–H and O–H groups in total. The summed E-state index contributed by atoms with van der Waals surface area (Å²) in [6.45, 7) is 2.03. The van der Waals surface area contributed by atoms with Crippen molar-refractivity contribution in [1.29, 1.82) is 0 Å². The van der Waals surface area contributed by atoms with Crippen molar-refractivity contribution < 1.29 is 24.2 Å². The van der Waals surface area contributed by atoms with Crippen LogP contribution in [0.5, 0.6) is 0 Å². The largest absolute Gasteiger partial charge is 0.445 e. The molecule has 0 aromatic heterocycles. The first kappa shape index (κ1) is 21.6. The zero-order valence-electron chi connectivity index (χ0n) is 17.0. The molecule has 0 spiro atoms. The van der Waals surface area contributed by atoms with Gasteiger partial charge < -0.3 is 25.2 Å². The molecule has 0 saturated heterocycles. The Morgan fingerprint density at radius 3 is 1.87 bits per heavy atom. The lowest BCUT2D eigenvalue weighted by molar-refractivity contribution is -0.000953. The van der Waals surface area contributed by atoms with Crippen LogP contribution in [0, 0.1) is 0 Å². The van der Waals surface area contributed by atoms with Crippen molar-refractivity contribution in [1.82, 2.24) is 10.6 Å². The summed E-state index contributed by atoms with van der Waals surface area (Å²) in [5, 5.41) is 16.0. The SMILES string of the molecule is CC1(O)CCC(NC(=O)OCc2ccccc2)C(NC(=O)OCc2ccccc2)C1. The Bertz CT molecular complexity index is 826. The Hall–Kier alpha value is -3.06. The molecule has 2 aromatic carbocycles. The molecule has 7 heteroatoms. The van der Waals surface area contributed by atoms with Crippen LogP contribution in [0.15, 0.2) is 60.7 Å². The zero-order valence-corrected chi connectivity index (χ0v) is 17.0. The summed E-state index contributed by atoms with van der Waals surface area (Å²) in [6.07, 6.45) is 0.169. The molecule has 3 rings (SSSR count). The Labute approximate surface area is 176 Å². The Morgan fingerprint density at radius 1 is 0.900 bits per heavy atom. The van der Waals surface area contributed by atoms with E-state index in [0.717, 1.165) is 11.1 Å². The number of carbonyl (C=O) groups excluding carboxylic acids is 2. The van der Waals surface area contributed by atoms with E-state index in [4.69, 9.17) is 9.47 Å². The minimum Gasteiger partial charge on any atom is -0.445 e. The van der Waals surface area contributed by atoms with Crippen LogP contribution in [0.25, 0.3) is 0 Å². The maximum absolute atomic E-state index is 12.3. The second-order valence-electron chi connectivity index (χ2n) is 7.86. The van der Waals surface area contributed by atoms with Crippen LogP contribution in [-0.2, 0) is 22.7 Å². The van der Waals surface area contributed by atoms with Crippen molar-refractivity contribution in [3.8, 4) is 0 Å². The van der Waals surface area contributed by atoms with E-state index < -0.39 is 23.8 Å². The van der Waals surface area contributed by atoms with Gasteiger partial charge in [-0.05, 0) is 37.3 Å². The van der Waals surface area contributed by atoms with E-state index in [1.807, 2.05) is 60.7 Å². The zero-order chi connectivity index (χ0) is 21.4. The predicted molar refractivity (Wildman–Crippen MR) is 112 cm³/mol. The van der Waals surface area contributed by atoms with Gasteiger partial charge in [-0.25, -0.2) is 9.59 Å². The average molecular weight is 412 g/mol. The summed E-state index contributed by atoms with van der Waals surface area (Å²) in [7, 11) is 0. The molecule has 7 nitrogen and oxygen atoms in total. The van der Waals surface area contributed by atoms with Gasteiger partial charge in [0.05, 0.1) is 17.7 Å². The number of alkyl carbamates (subject to hydrolysis) is 2. The molecule has 1 aliphatic rings. The molecule has 3 unspecified atom stereocenters. The van der Waals surface area contributed by atoms with Crippen LogP contribution < -0.4 is 10.6 Å². The molecule has 2 aromatic rings. The van der Waals surface area contributed by atoms with E-state index in [0.29, 0.717) is 19.3 Å². The predicted octanol–water partition coefficient (Wildman–Crippen LogP) is 3.51. The number of rotatable bonds is 6. The summed E-state index contributed by atoms with van der Waals surface area (Å²) in [6, 6.07) is 17.9. The van der Waals surface area contributed by atoms with Gasteiger partial charge in [0.2, 0.25) is 0 Å². The van der Waals surface area contributed by atoms with Gasteiger partial charge in [-0.3, -0.25) is 0 Å². The van der Waals surface area contributed by atoms with Crippen molar-refractivity contribution >= 4 is 12.2 Å². The molecule has 1 aliphatic carbocycles. The van der Waals surface area contributed by atoms with Gasteiger partial charge in [0, 0.05) is 0 Å². The van der Waals surface area contributed by atoms with Crippen molar-refractivity contribution in [2.24, 2.45) is 0 Å². The van der Waals surface area contributed by atoms with E-state index in [2.05, 4.69) is 10.6 Å². The Balaban J connectivity index is 1.52. The van der Waals surface area contributed by atoms with E-state index in [1.54, 1.807) is 6.92 Å². The quantitative estimate of drug-likeness (QED) is 0.675. The van der Waals surface area contributed by atoms with Crippen molar-refractivity contribution in [2.75, 3.05) is 0 Å². The normalized spacial score (nSPS) is 23.3. The molecule has 0 heterocycles. The average Bonchev–Trinajstić information content (AvgIpc) is 2.74. The number of nitrogens with one attached hydrogen (secondary N) is 2. The number of carbonyl (C=O) groups is 2. The molecular weight excluding hydrogens is 384 g/mol. The second-order valence-corrected chi connectivity index (χ2v) is 7.86. The molecule has 30 heavy (non-hydrogen) atoms. The smallest absolute Gasteiger partial charge is 0.407 e. The topological polar surface area (TPSA) is 96.9 Å². The number of aliphatic hydroxyl groups is 1. The maximum atomic E-state index is 12.3. The Morgan fingerprint density at radius 2 is 1.37 bits per heavy atom. The summed E-state index contributed by atoms with van der Waals surface area (Å²) in [5.74, 6) is 0. The first-order valence-electron chi connectivity index (χ1n) is 10.1. The number of hydrogen-bond donors (Lipinski definition) is 3. The third-order valence-electron chi connectivity index (χ3n) is 5.17. The molecule has 0 bridgehead atoms. The lowest BCUT2D eigenvalue weighted by Crippen LogP contribution is -2.57. The van der Waals surface area contributed by atoms with E-state index in [1.165, 1.54) is 0 Å². The molecule has 0 aliphatic heterocycles.